The minimum atomic E-state index is -3.65. The van der Waals surface area contributed by atoms with Gasteiger partial charge in [0.25, 0.3) is 0 Å². The van der Waals surface area contributed by atoms with Gasteiger partial charge in [0.05, 0.1) is 22.5 Å². The van der Waals surface area contributed by atoms with E-state index in [2.05, 4.69) is 15.3 Å². The lowest BCUT2D eigenvalue weighted by molar-refractivity contribution is -0.126. The van der Waals surface area contributed by atoms with Crippen molar-refractivity contribution in [2.45, 2.75) is 24.3 Å². The second kappa shape index (κ2) is 9.09. The molecule has 33 heavy (non-hydrogen) atoms. The van der Waals surface area contributed by atoms with Gasteiger partial charge in [-0.25, -0.2) is 13.4 Å². The van der Waals surface area contributed by atoms with Gasteiger partial charge in [0.1, 0.15) is 5.82 Å². The predicted molar refractivity (Wildman–Crippen MR) is 129 cm³/mol. The standard InChI is InChI=1S/C24H24N4O3S2/c29-24(25-16-19-7-4-14-32-19)18-10-12-28(13-11-18)33(30,31)20-8-9-21-22(15-20)27-23(26-21)17-5-2-1-3-6-17/h1-9,14-15,18H,10-13,16H2,(H,25,29)(H,26,27). The molecule has 1 fully saturated rings. The number of hydrogen-bond donors (Lipinski definition) is 2. The molecule has 2 aromatic heterocycles. The van der Waals surface area contributed by atoms with Crippen LogP contribution in [-0.4, -0.2) is 41.7 Å². The third-order valence-corrected chi connectivity index (χ3v) is 8.75. The average molecular weight is 481 g/mol. The highest BCUT2D eigenvalue weighted by atomic mass is 32.2. The number of imidazole rings is 1. The van der Waals surface area contributed by atoms with E-state index in [-0.39, 0.29) is 16.7 Å². The van der Waals surface area contributed by atoms with Crippen LogP contribution in [0.2, 0.25) is 0 Å². The number of nitrogens with zero attached hydrogens (tertiary/aromatic N) is 2. The molecule has 170 valence electrons. The largest absolute Gasteiger partial charge is 0.351 e. The van der Waals surface area contributed by atoms with E-state index in [4.69, 9.17) is 0 Å². The van der Waals surface area contributed by atoms with Crippen molar-refractivity contribution in [3.8, 4) is 11.4 Å². The van der Waals surface area contributed by atoms with Crippen molar-refractivity contribution in [1.82, 2.24) is 19.6 Å². The van der Waals surface area contributed by atoms with Crippen LogP contribution in [0.1, 0.15) is 17.7 Å². The monoisotopic (exact) mass is 480 g/mol. The summed E-state index contributed by atoms with van der Waals surface area (Å²) in [5.41, 5.74) is 2.34. The van der Waals surface area contributed by atoms with Gasteiger partial charge in [-0.3, -0.25) is 4.79 Å². The first-order chi connectivity index (χ1) is 16.0. The maximum Gasteiger partial charge on any atom is 0.243 e. The number of aromatic nitrogens is 2. The summed E-state index contributed by atoms with van der Waals surface area (Å²) in [6.45, 7) is 1.18. The van der Waals surface area contributed by atoms with Crippen LogP contribution in [0.4, 0.5) is 0 Å². The van der Waals surface area contributed by atoms with Crippen molar-refractivity contribution in [3.63, 3.8) is 0 Å². The molecule has 2 aromatic carbocycles. The summed E-state index contributed by atoms with van der Waals surface area (Å²) in [6, 6.07) is 18.6. The van der Waals surface area contributed by atoms with Crippen molar-refractivity contribution in [2.24, 2.45) is 5.92 Å². The van der Waals surface area contributed by atoms with Gasteiger partial charge in [-0.15, -0.1) is 11.3 Å². The molecule has 0 unspecified atom stereocenters. The molecule has 0 aliphatic carbocycles. The summed E-state index contributed by atoms with van der Waals surface area (Å²) in [5, 5.41) is 4.95. The van der Waals surface area contributed by atoms with Gasteiger partial charge >= 0.3 is 0 Å². The summed E-state index contributed by atoms with van der Waals surface area (Å²) in [6.07, 6.45) is 1.03. The minimum Gasteiger partial charge on any atom is -0.351 e. The molecular weight excluding hydrogens is 456 g/mol. The Morgan fingerprint density at radius 3 is 2.61 bits per heavy atom. The molecule has 1 aliphatic rings. The van der Waals surface area contributed by atoms with E-state index < -0.39 is 10.0 Å². The number of sulfonamides is 1. The summed E-state index contributed by atoms with van der Waals surface area (Å²) < 4.78 is 28.0. The van der Waals surface area contributed by atoms with E-state index in [9.17, 15) is 13.2 Å². The number of fused-ring (bicyclic) bond motifs is 1. The summed E-state index contributed by atoms with van der Waals surface area (Å²) in [5.74, 6) is 0.530. The summed E-state index contributed by atoms with van der Waals surface area (Å²) in [7, 11) is -3.65. The molecular formula is C24H24N4O3S2. The van der Waals surface area contributed by atoms with Gasteiger partial charge in [-0.2, -0.15) is 4.31 Å². The smallest absolute Gasteiger partial charge is 0.243 e. The Labute approximate surface area is 196 Å². The van der Waals surface area contributed by atoms with Crippen molar-refractivity contribution in [3.05, 3.63) is 70.9 Å². The van der Waals surface area contributed by atoms with Crippen molar-refractivity contribution >= 4 is 38.3 Å². The molecule has 1 aliphatic heterocycles. The molecule has 9 heteroatoms. The van der Waals surface area contributed by atoms with Crippen LogP contribution in [0, 0.1) is 5.92 Å². The maximum atomic E-state index is 13.3. The summed E-state index contributed by atoms with van der Waals surface area (Å²) in [4.78, 5) is 21.6. The molecule has 3 heterocycles. The Kier molecular flexibility index (Phi) is 6.01. The average Bonchev–Trinajstić information content (AvgIpc) is 3.52. The normalized spacial score (nSPS) is 15.6. The van der Waals surface area contributed by atoms with E-state index in [0.717, 1.165) is 10.4 Å². The number of piperidine rings is 1. The Morgan fingerprint density at radius 2 is 1.88 bits per heavy atom. The molecule has 1 saturated heterocycles. The Bertz CT molecular complexity index is 1360. The highest BCUT2D eigenvalue weighted by molar-refractivity contribution is 7.89. The summed E-state index contributed by atoms with van der Waals surface area (Å²) >= 11 is 1.60. The molecule has 0 atom stereocenters. The van der Waals surface area contributed by atoms with Gasteiger partial charge in [0.15, 0.2) is 0 Å². The number of aromatic amines is 1. The first-order valence-corrected chi connectivity index (χ1v) is 13.2. The van der Waals surface area contributed by atoms with Crippen LogP contribution in [0.25, 0.3) is 22.4 Å². The van der Waals surface area contributed by atoms with Gasteiger partial charge in [-0.1, -0.05) is 36.4 Å². The van der Waals surface area contributed by atoms with Crippen LogP contribution in [0.3, 0.4) is 0 Å². The predicted octanol–water partition coefficient (Wildman–Crippen LogP) is 4.01. The number of rotatable bonds is 6. The van der Waals surface area contributed by atoms with Crippen molar-refractivity contribution in [2.75, 3.05) is 13.1 Å². The Morgan fingerprint density at radius 1 is 1.09 bits per heavy atom. The van der Waals surface area contributed by atoms with Gasteiger partial charge in [0.2, 0.25) is 15.9 Å². The van der Waals surface area contributed by atoms with E-state index >= 15 is 0 Å². The van der Waals surface area contributed by atoms with Crippen LogP contribution < -0.4 is 5.32 Å². The Balaban J connectivity index is 1.26. The van der Waals surface area contributed by atoms with Crippen LogP contribution in [0.5, 0.6) is 0 Å². The number of H-pyrrole nitrogens is 1. The number of carbonyl (C=O) groups excluding carboxylic acids is 1. The van der Waals surface area contributed by atoms with Crippen LogP contribution in [0.15, 0.2) is 70.9 Å². The number of hydrogen-bond acceptors (Lipinski definition) is 5. The minimum absolute atomic E-state index is 0.00670. The first kappa shape index (κ1) is 21.8. The molecule has 0 spiro atoms. The molecule has 2 N–H and O–H groups in total. The molecule has 7 nitrogen and oxygen atoms in total. The van der Waals surface area contributed by atoms with E-state index in [1.807, 2.05) is 47.8 Å². The van der Waals surface area contributed by atoms with E-state index in [1.54, 1.807) is 29.5 Å². The second-order valence-electron chi connectivity index (χ2n) is 8.11. The number of carbonyl (C=O) groups is 1. The van der Waals surface area contributed by atoms with Gasteiger partial charge in [0, 0.05) is 29.4 Å². The van der Waals surface area contributed by atoms with Crippen molar-refractivity contribution in [1.29, 1.82) is 0 Å². The molecule has 1 amide bonds. The number of thiophene rings is 1. The van der Waals surface area contributed by atoms with Crippen molar-refractivity contribution < 1.29 is 13.2 Å². The zero-order valence-electron chi connectivity index (χ0n) is 17.9. The third-order valence-electron chi connectivity index (χ3n) is 5.98. The molecule has 0 bridgehead atoms. The fourth-order valence-corrected chi connectivity index (χ4v) is 6.26. The highest BCUT2D eigenvalue weighted by Gasteiger charge is 2.32. The first-order valence-electron chi connectivity index (χ1n) is 10.9. The fraction of sp³-hybridized carbons (Fsp3) is 0.250. The van der Waals surface area contributed by atoms with Crippen LogP contribution in [-0.2, 0) is 21.4 Å². The lowest BCUT2D eigenvalue weighted by atomic mass is 9.97. The number of nitrogens with one attached hydrogen (secondary N) is 2. The Hall–Kier alpha value is -3.01. The molecule has 5 rings (SSSR count). The highest BCUT2D eigenvalue weighted by Crippen LogP contribution is 2.27. The van der Waals surface area contributed by atoms with Crippen LogP contribution >= 0.6 is 11.3 Å². The topological polar surface area (TPSA) is 95.2 Å². The number of amides is 1. The number of benzene rings is 2. The van der Waals surface area contributed by atoms with E-state index in [1.165, 1.54) is 4.31 Å². The molecule has 4 aromatic rings. The lowest BCUT2D eigenvalue weighted by Gasteiger charge is -2.30. The van der Waals surface area contributed by atoms with Gasteiger partial charge in [-0.05, 0) is 42.5 Å². The lowest BCUT2D eigenvalue weighted by Crippen LogP contribution is -2.42. The molecule has 0 radical (unpaired) electrons. The fourth-order valence-electron chi connectivity index (χ4n) is 4.12. The maximum absolute atomic E-state index is 13.3. The zero-order valence-corrected chi connectivity index (χ0v) is 19.5. The zero-order chi connectivity index (χ0) is 22.8. The van der Waals surface area contributed by atoms with Gasteiger partial charge < -0.3 is 10.3 Å². The third kappa shape index (κ3) is 4.57. The molecule has 0 saturated carbocycles. The van der Waals surface area contributed by atoms with E-state index in [0.29, 0.717) is 49.3 Å². The SMILES string of the molecule is O=C(NCc1cccs1)C1CCN(S(=O)(=O)c2ccc3nc(-c4ccccc4)[nH]c3c2)CC1. The quantitative estimate of drug-likeness (QED) is 0.436. The second-order valence-corrected chi connectivity index (χ2v) is 11.1.